The minimum atomic E-state index is 0.385. The molecule has 0 saturated heterocycles. The highest BCUT2D eigenvalue weighted by atomic mass is 16.3. The molecule has 2 aliphatic carbocycles. The summed E-state index contributed by atoms with van der Waals surface area (Å²) in [5.41, 5.74) is 2.68. The first-order valence-electron chi connectivity index (χ1n) is 5.01. The van der Waals surface area contributed by atoms with Crippen molar-refractivity contribution in [2.45, 2.75) is 12.3 Å². The number of rotatable bonds is 0. The third-order valence-electron chi connectivity index (χ3n) is 3.19. The van der Waals surface area contributed by atoms with Crippen molar-refractivity contribution in [2.24, 2.45) is 5.92 Å². The Labute approximate surface area is 83.4 Å². The van der Waals surface area contributed by atoms with E-state index in [9.17, 15) is 5.11 Å². The Bertz CT molecular complexity index is 429. The molecular weight excluding hydrogens is 172 g/mol. The van der Waals surface area contributed by atoms with E-state index in [-0.39, 0.29) is 0 Å². The van der Waals surface area contributed by atoms with Gasteiger partial charge in [-0.3, -0.25) is 0 Å². The van der Waals surface area contributed by atoms with E-state index < -0.39 is 0 Å². The molecule has 0 saturated carbocycles. The van der Waals surface area contributed by atoms with Crippen molar-refractivity contribution in [1.29, 1.82) is 0 Å². The van der Waals surface area contributed by atoms with Crippen molar-refractivity contribution in [2.75, 3.05) is 0 Å². The Balaban J connectivity index is 2.11. The molecule has 2 atom stereocenters. The average Bonchev–Trinajstić information content (AvgIpc) is 2.54. The lowest BCUT2D eigenvalue weighted by Gasteiger charge is -2.15. The second-order valence-corrected chi connectivity index (χ2v) is 4.05. The van der Waals surface area contributed by atoms with Crippen LogP contribution in [-0.4, -0.2) is 5.11 Å². The molecule has 2 aliphatic rings. The molecule has 0 aromatic heterocycles. The molecule has 1 N–H and O–H groups in total. The molecule has 0 spiro atoms. The second kappa shape index (κ2) is 2.74. The van der Waals surface area contributed by atoms with Gasteiger partial charge in [0.25, 0.3) is 0 Å². The molecule has 0 bridgehead atoms. The largest absolute Gasteiger partial charge is 0.508 e. The van der Waals surface area contributed by atoms with Crippen LogP contribution < -0.4 is 0 Å². The fourth-order valence-corrected chi connectivity index (χ4v) is 2.53. The standard InChI is InChI=1S/C13H12O/c14-11-5-6-13-10(8-11)7-9-3-1-2-4-12(9)13/h1-6,8-9,12,14H,7H2. The van der Waals surface area contributed by atoms with Gasteiger partial charge < -0.3 is 5.11 Å². The first-order chi connectivity index (χ1) is 6.84. The molecule has 14 heavy (non-hydrogen) atoms. The molecule has 0 amide bonds. The summed E-state index contributed by atoms with van der Waals surface area (Å²) in [7, 11) is 0. The number of allylic oxidation sites excluding steroid dienone is 4. The Morgan fingerprint density at radius 3 is 2.93 bits per heavy atom. The van der Waals surface area contributed by atoms with Crippen LogP contribution in [0.2, 0.25) is 0 Å². The number of phenols is 1. The van der Waals surface area contributed by atoms with Gasteiger partial charge in [0, 0.05) is 5.92 Å². The number of aromatic hydroxyl groups is 1. The first kappa shape index (κ1) is 7.86. The summed E-state index contributed by atoms with van der Waals surface area (Å²) in [5, 5.41) is 9.39. The zero-order valence-electron chi connectivity index (χ0n) is 7.85. The number of fused-ring (bicyclic) bond motifs is 3. The molecule has 2 unspecified atom stereocenters. The van der Waals surface area contributed by atoms with Crippen molar-refractivity contribution in [3.8, 4) is 5.75 Å². The first-order valence-corrected chi connectivity index (χ1v) is 5.01. The Morgan fingerprint density at radius 2 is 2.00 bits per heavy atom. The molecule has 0 radical (unpaired) electrons. The van der Waals surface area contributed by atoms with Crippen LogP contribution in [0.3, 0.4) is 0 Å². The lowest BCUT2D eigenvalue weighted by molar-refractivity contribution is 0.474. The number of benzene rings is 1. The van der Waals surface area contributed by atoms with Gasteiger partial charge in [-0.15, -0.1) is 0 Å². The third kappa shape index (κ3) is 1.02. The predicted molar refractivity (Wildman–Crippen MR) is 56.3 cm³/mol. The van der Waals surface area contributed by atoms with Crippen LogP contribution >= 0.6 is 0 Å². The average molecular weight is 184 g/mol. The molecule has 1 aromatic rings. The van der Waals surface area contributed by atoms with E-state index in [4.69, 9.17) is 0 Å². The quantitative estimate of drug-likeness (QED) is 0.657. The molecule has 1 nitrogen and oxygen atoms in total. The highest BCUT2D eigenvalue weighted by molar-refractivity contribution is 5.46. The summed E-state index contributed by atoms with van der Waals surface area (Å²) >= 11 is 0. The number of hydrogen-bond acceptors (Lipinski definition) is 1. The monoisotopic (exact) mass is 184 g/mol. The normalized spacial score (nSPS) is 27.4. The van der Waals surface area contributed by atoms with Crippen LogP contribution in [0.4, 0.5) is 0 Å². The van der Waals surface area contributed by atoms with Gasteiger partial charge in [0.05, 0.1) is 0 Å². The highest BCUT2D eigenvalue weighted by Crippen LogP contribution is 2.42. The molecule has 0 fully saturated rings. The summed E-state index contributed by atoms with van der Waals surface area (Å²) in [5.74, 6) is 1.53. The number of hydrogen-bond donors (Lipinski definition) is 1. The van der Waals surface area contributed by atoms with Crippen LogP contribution in [0.15, 0.2) is 42.5 Å². The minimum absolute atomic E-state index is 0.385. The third-order valence-corrected chi connectivity index (χ3v) is 3.19. The van der Waals surface area contributed by atoms with Crippen LogP contribution in [0.5, 0.6) is 5.75 Å². The predicted octanol–water partition coefficient (Wildman–Crippen LogP) is 2.77. The van der Waals surface area contributed by atoms with Crippen LogP contribution in [0, 0.1) is 5.92 Å². The van der Waals surface area contributed by atoms with Gasteiger partial charge in [0.2, 0.25) is 0 Å². The van der Waals surface area contributed by atoms with E-state index in [1.165, 1.54) is 11.1 Å². The van der Waals surface area contributed by atoms with Gasteiger partial charge >= 0.3 is 0 Å². The van der Waals surface area contributed by atoms with Crippen molar-refractivity contribution in [1.82, 2.24) is 0 Å². The van der Waals surface area contributed by atoms with E-state index in [1.54, 1.807) is 6.07 Å². The fraction of sp³-hybridized carbons (Fsp3) is 0.231. The van der Waals surface area contributed by atoms with E-state index in [0.717, 1.165) is 6.42 Å². The summed E-state index contributed by atoms with van der Waals surface area (Å²) in [4.78, 5) is 0. The van der Waals surface area contributed by atoms with Gasteiger partial charge in [-0.25, -0.2) is 0 Å². The van der Waals surface area contributed by atoms with Crippen molar-refractivity contribution in [3.63, 3.8) is 0 Å². The maximum absolute atomic E-state index is 9.39. The van der Waals surface area contributed by atoms with Crippen LogP contribution in [-0.2, 0) is 6.42 Å². The lowest BCUT2D eigenvalue weighted by Crippen LogP contribution is -2.03. The summed E-state index contributed by atoms with van der Waals surface area (Å²) < 4.78 is 0. The molecule has 0 aliphatic heterocycles. The molecular formula is C13H12O. The summed E-state index contributed by atoms with van der Waals surface area (Å²) in [6, 6.07) is 5.74. The van der Waals surface area contributed by atoms with Gasteiger partial charge in [0.15, 0.2) is 0 Å². The Hall–Kier alpha value is -1.50. The van der Waals surface area contributed by atoms with Gasteiger partial charge in [-0.05, 0) is 35.6 Å². The van der Waals surface area contributed by atoms with E-state index >= 15 is 0 Å². The molecule has 0 heterocycles. The zero-order chi connectivity index (χ0) is 9.54. The van der Waals surface area contributed by atoms with E-state index in [2.05, 4.69) is 30.4 Å². The smallest absolute Gasteiger partial charge is 0.115 e. The summed E-state index contributed by atoms with van der Waals surface area (Å²) in [6.07, 6.45) is 9.82. The maximum Gasteiger partial charge on any atom is 0.115 e. The van der Waals surface area contributed by atoms with Crippen LogP contribution in [0.1, 0.15) is 17.0 Å². The van der Waals surface area contributed by atoms with Crippen molar-refractivity contribution >= 4 is 0 Å². The van der Waals surface area contributed by atoms with E-state index in [1.807, 2.05) is 6.07 Å². The zero-order valence-corrected chi connectivity index (χ0v) is 7.85. The summed E-state index contributed by atoms with van der Waals surface area (Å²) in [6.45, 7) is 0. The molecule has 70 valence electrons. The highest BCUT2D eigenvalue weighted by Gasteiger charge is 2.29. The maximum atomic E-state index is 9.39. The Morgan fingerprint density at radius 1 is 1.14 bits per heavy atom. The topological polar surface area (TPSA) is 20.2 Å². The van der Waals surface area contributed by atoms with Gasteiger partial charge in [-0.1, -0.05) is 30.4 Å². The minimum Gasteiger partial charge on any atom is -0.508 e. The van der Waals surface area contributed by atoms with Crippen molar-refractivity contribution < 1.29 is 5.11 Å². The van der Waals surface area contributed by atoms with Crippen LogP contribution in [0.25, 0.3) is 0 Å². The fourth-order valence-electron chi connectivity index (χ4n) is 2.53. The lowest BCUT2D eigenvalue weighted by atomic mass is 9.89. The Kier molecular flexibility index (Phi) is 1.54. The van der Waals surface area contributed by atoms with E-state index in [0.29, 0.717) is 17.6 Å². The van der Waals surface area contributed by atoms with Gasteiger partial charge in [-0.2, -0.15) is 0 Å². The molecule has 1 heteroatoms. The second-order valence-electron chi connectivity index (χ2n) is 4.05. The molecule has 3 rings (SSSR count). The van der Waals surface area contributed by atoms with Crippen molar-refractivity contribution in [3.05, 3.63) is 53.6 Å². The number of phenolic OH excluding ortho intramolecular Hbond substituents is 1. The molecule has 1 aromatic carbocycles. The van der Waals surface area contributed by atoms with Gasteiger partial charge in [0.1, 0.15) is 5.75 Å². The SMILES string of the molecule is Oc1ccc2c(c1)CC1C=CC=CC21.